The van der Waals surface area contributed by atoms with Crippen molar-refractivity contribution >= 4 is 5.69 Å². The molecule has 0 saturated carbocycles. The summed E-state index contributed by atoms with van der Waals surface area (Å²) in [6, 6.07) is 3.08. The maximum absolute atomic E-state index is 5.70. The summed E-state index contributed by atoms with van der Waals surface area (Å²) in [6.45, 7) is 10.5. The number of nitrogens with zero attached hydrogens (tertiary/aromatic N) is 2. The van der Waals surface area contributed by atoms with Crippen LogP contribution in [0.2, 0.25) is 0 Å². The third-order valence-corrected chi connectivity index (χ3v) is 3.17. The molecule has 18 heavy (non-hydrogen) atoms. The molecule has 1 N–H and O–H groups in total. The van der Waals surface area contributed by atoms with Gasteiger partial charge in [-0.15, -0.1) is 0 Å². The Bertz CT molecular complexity index is 394. The van der Waals surface area contributed by atoms with Crippen LogP contribution in [0.5, 0.6) is 5.75 Å². The van der Waals surface area contributed by atoms with E-state index in [2.05, 4.69) is 35.1 Å². The highest BCUT2D eigenvalue weighted by molar-refractivity contribution is 5.49. The fraction of sp³-hybridized carbons (Fsp3) is 0.643. The fourth-order valence-electron chi connectivity index (χ4n) is 2.28. The number of ether oxygens (including phenoxy) is 1. The van der Waals surface area contributed by atoms with Crippen LogP contribution in [-0.2, 0) is 0 Å². The SMILES string of the molecule is CC1CN(c2cncc(OC(C)C)c2)C(C)CN1. The van der Waals surface area contributed by atoms with E-state index in [-0.39, 0.29) is 6.10 Å². The molecule has 2 unspecified atom stereocenters. The van der Waals surface area contributed by atoms with Crippen LogP contribution in [0.3, 0.4) is 0 Å². The Hall–Kier alpha value is -1.29. The number of nitrogens with one attached hydrogen (secondary N) is 1. The van der Waals surface area contributed by atoms with Gasteiger partial charge in [0.2, 0.25) is 0 Å². The van der Waals surface area contributed by atoms with Gasteiger partial charge in [0.1, 0.15) is 5.75 Å². The minimum Gasteiger partial charge on any atom is -0.489 e. The van der Waals surface area contributed by atoms with E-state index in [1.807, 2.05) is 20.0 Å². The van der Waals surface area contributed by atoms with E-state index in [4.69, 9.17) is 4.74 Å². The molecule has 0 radical (unpaired) electrons. The van der Waals surface area contributed by atoms with Crippen LogP contribution < -0.4 is 15.0 Å². The number of pyridine rings is 1. The molecular weight excluding hydrogens is 226 g/mol. The van der Waals surface area contributed by atoms with Crippen LogP contribution in [0.1, 0.15) is 27.7 Å². The Morgan fingerprint density at radius 1 is 1.39 bits per heavy atom. The molecule has 0 aromatic carbocycles. The lowest BCUT2D eigenvalue weighted by molar-refractivity contribution is 0.241. The summed E-state index contributed by atoms with van der Waals surface area (Å²) in [5.74, 6) is 0.848. The molecule has 100 valence electrons. The first-order valence-corrected chi connectivity index (χ1v) is 6.68. The van der Waals surface area contributed by atoms with Gasteiger partial charge in [-0.2, -0.15) is 0 Å². The van der Waals surface area contributed by atoms with Gasteiger partial charge in [0.05, 0.1) is 24.2 Å². The van der Waals surface area contributed by atoms with Gasteiger partial charge >= 0.3 is 0 Å². The van der Waals surface area contributed by atoms with Gasteiger partial charge in [0, 0.05) is 31.2 Å². The van der Waals surface area contributed by atoms with E-state index in [0.717, 1.165) is 24.5 Å². The summed E-state index contributed by atoms with van der Waals surface area (Å²) in [7, 11) is 0. The Morgan fingerprint density at radius 2 is 2.17 bits per heavy atom. The van der Waals surface area contributed by atoms with Crippen molar-refractivity contribution in [3.05, 3.63) is 18.5 Å². The Morgan fingerprint density at radius 3 is 2.89 bits per heavy atom. The maximum Gasteiger partial charge on any atom is 0.140 e. The molecule has 0 spiro atoms. The monoisotopic (exact) mass is 249 g/mol. The third kappa shape index (κ3) is 3.13. The fourth-order valence-corrected chi connectivity index (χ4v) is 2.28. The van der Waals surface area contributed by atoms with Crippen molar-refractivity contribution < 1.29 is 4.74 Å². The molecule has 1 aliphatic heterocycles. The molecule has 0 bridgehead atoms. The Labute approximate surface area is 109 Å². The minimum atomic E-state index is 0.182. The zero-order valence-corrected chi connectivity index (χ0v) is 11.7. The second-order valence-corrected chi connectivity index (χ2v) is 5.36. The number of hydrogen-bond acceptors (Lipinski definition) is 4. The smallest absolute Gasteiger partial charge is 0.140 e. The molecule has 2 atom stereocenters. The highest BCUT2D eigenvalue weighted by atomic mass is 16.5. The molecule has 0 amide bonds. The summed E-state index contributed by atoms with van der Waals surface area (Å²) in [4.78, 5) is 6.68. The topological polar surface area (TPSA) is 37.4 Å². The first-order valence-electron chi connectivity index (χ1n) is 6.68. The van der Waals surface area contributed by atoms with E-state index in [1.165, 1.54) is 0 Å². The molecule has 1 aromatic rings. The standard InChI is InChI=1S/C14H23N3O/c1-10(2)18-14-5-13(7-15-8-14)17-9-11(3)16-6-12(17)4/h5,7-8,10-12,16H,6,9H2,1-4H3. The van der Waals surface area contributed by atoms with E-state index in [1.54, 1.807) is 6.20 Å². The van der Waals surface area contributed by atoms with Crippen LogP contribution in [0.4, 0.5) is 5.69 Å². The van der Waals surface area contributed by atoms with Crippen molar-refractivity contribution in [1.29, 1.82) is 0 Å². The average molecular weight is 249 g/mol. The second-order valence-electron chi connectivity index (χ2n) is 5.36. The third-order valence-electron chi connectivity index (χ3n) is 3.17. The Balaban J connectivity index is 2.16. The molecule has 1 fully saturated rings. The predicted molar refractivity (Wildman–Crippen MR) is 74.3 cm³/mol. The highest BCUT2D eigenvalue weighted by Crippen LogP contribution is 2.23. The molecule has 4 nitrogen and oxygen atoms in total. The van der Waals surface area contributed by atoms with Crippen molar-refractivity contribution in [2.75, 3.05) is 18.0 Å². The summed E-state index contributed by atoms with van der Waals surface area (Å²) < 4.78 is 5.70. The van der Waals surface area contributed by atoms with Crippen molar-refractivity contribution in [2.24, 2.45) is 0 Å². The van der Waals surface area contributed by atoms with Gasteiger partial charge in [0.15, 0.2) is 0 Å². The van der Waals surface area contributed by atoms with Gasteiger partial charge in [-0.1, -0.05) is 0 Å². The lowest BCUT2D eigenvalue weighted by Gasteiger charge is -2.39. The second kappa shape index (κ2) is 5.57. The zero-order valence-electron chi connectivity index (χ0n) is 11.7. The minimum absolute atomic E-state index is 0.182. The van der Waals surface area contributed by atoms with Crippen LogP contribution in [0, 0.1) is 0 Å². The number of piperazine rings is 1. The Kier molecular flexibility index (Phi) is 4.07. The maximum atomic E-state index is 5.70. The lowest BCUT2D eigenvalue weighted by Crippen LogP contribution is -2.54. The molecule has 1 aliphatic rings. The predicted octanol–water partition coefficient (Wildman–Crippen LogP) is 2.06. The summed E-state index contributed by atoms with van der Waals surface area (Å²) >= 11 is 0. The van der Waals surface area contributed by atoms with Gasteiger partial charge < -0.3 is 15.0 Å². The average Bonchev–Trinajstić information content (AvgIpc) is 2.32. The van der Waals surface area contributed by atoms with Crippen molar-refractivity contribution in [2.45, 2.75) is 45.9 Å². The van der Waals surface area contributed by atoms with E-state index in [0.29, 0.717) is 12.1 Å². The molecule has 4 heteroatoms. The molecule has 0 aliphatic carbocycles. The van der Waals surface area contributed by atoms with Crippen LogP contribution in [-0.4, -0.2) is 36.3 Å². The summed E-state index contributed by atoms with van der Waals surface area (Å²) in [6.07, 6.45) is 3.88. The molecule has 2 rings (SSSR count). The van der Waals surface area contributed by atoms with Crippen molar-refractivity contribution in [3.8, 4) is 5.75 Å². The molecule has 1 saturated heterocycles. The van der Waals surface area contributed by atoms with Gasteiger partial charge in [-0.25, -0.2) is 0 Å². The van der Waals surface area contributed by atoms with Crippen LogP contribution >= 0.6 is 0 Å². The molecule has 1 aromatic heterocycles. The van der Waals surface area contributed by atoms with E-state index in [9.17, 15) is 0 Å². The van der Waals surface area contributed by atoms with Gasteiger partial charge in [0.25, 0.3) is 0 Å². The lowest BCUT2D eigenvalue weighted by atomic mass is 10.1. The number of anilines is 1. The van der Waals surface area contributed by atoms with Gasteiger partial charge in [-0.05, 0) is 27.7 Å². The summed E-state index contributed by atoms with van der Waals surface area (Å²) in [5, 5.41) is 3.48. The summed E-state index contributed by atoms with van der Waals surface area (Å²) in [5.41, 5.74) is 1.15. The normalized spacial score (nSPS) is 24.4. The number of rotatable bonds is 3. The number of aromatic nitrogens is 1. The zero-order chi connectivity index (χ0) is 13.1. The van der Waals surface area contributed by atoms with Crippen LogP contribution in [0.25, 0.3) is 0 Å². The largest absolute Gasteiger partial charge is 0.489 e. The first-order chi connectivity index (χ1) is 8.56. The van der Waals surface area contributed by atoms with E-state index >= 15 is 0 Å². The first kappa shape index (κ1) is 13.1. The van der Waals surface area contributed by atoms with Crippen molar-refractivity contribution in [3.63, 3.8) is 0 Å². The quantitative estimate of drug-likeness (QED) is 0.889. The van der Waals surface area contributed by atoms with E-state index < -0.39 is 0 Å². The van der Waals surface area contributed by atoms with Crippen LogP contribution in [0.15, 0.2) is 18.5 Å². The highest BCUT2D eigenvalue weighted by Gasteiger charge is 2.23. The molecule has 2 heterocycles. The number of hydrogen-bond donors (Lipinski definition) is 1. The van der Waals surface area contributed by atoms with Gasteiger partial charge in [-0.3, -0.25) is 4.98 Å². The molecular formula is C14H23N3O. The van der Waals surface area contributed by atoms with Crippen molar-refractivity contribution in [1.82, 2.24) is 10.3 Å².